The lowest BCUT2D eigenvalue weighted by Crippen LogP contribution is -2.32. The van der Waals surface area contributed by atoms with Crippen LogP contribution in [0.25, 0.3) is 0 Å². The Balaban J connectivity index is 1.96. The molecule has 100 valence electrons. The summed E-state index contributed by atoms with van der Waals surface area (Å²) in [6.45, 7) is 4.22. The Morgan fingerprint density at radius 2 is 2.33 bits per heavy atom. The summed E-state index contributed by atoms with van der Waals surface area (Å²) in [6, 6.07) is 0. The summed E-state index contributed by atoms with van der Waals surface area (Å²) in [5.41, 5.74) is 0. The summed E-state index contributed by atoms with van der Waals surface area (Å²) < 4.78 is 1.75. The van der Waals surface area contributed by atoms with Crippen LogP contribution in [-0.4, -0.2) is 49.3 Å². The van der Waals surface area contributed by atoms with E-state index in [0.717, 1.165) is 25.3 Å². The molecule has 1 aliphatic carbocycles. The number of tetrazole rings is 1. The molecule has 0 aromatic carbocycles. The van der Waals surface area contributed by atoms with Crippen LogP contribution in [0.3, 0.4) is 0 Å². The van der Waals surface area contributed by atoms with E-state index in [1.165, 1.54) is 12.8 Å². The molecule has 0 bridgehead atoms. The molecule has 18 heavy (non-hydrogen) atoms. The molecule has 7 nitrogen and oxygen atoms in total. The highest BCUT2D eigenvalue weighted by molar-refractivity contribution is 5.69. The molecule has 0 unspecified atom stereocenters. The standard InChI is InChI=1S/C11H19N5O2/c1-2-5-16-10(12-13-14-16)7-15(8-11(17)18)6-9-3-4-9/h9H,2-8H2,1H3,(H,17,18). The van der Waals surface area contributed by atoms with E-state index in [9.17, 15) is 4.79 Å². The van der Waals surface area contributed by atoms with E-state index < -0.39 is 5.97 Å². The highest BCUT2D eigenvalue weighted by atomic mass is 16.4. The van der Waals surface area contributed by atoms with Gasteiger partial charge in [0, 0.05) is 13.1 Å². The predicted molar refractivity (Wildman–Crippen MR) is 63.7 cm³/mol. The molecule has 1 aromatic rings. The topological polar surface area (TPSA) is 84.1 Å². The summed E-state index contributed by atoms with van der Waals surface area (Å²) in [4.78, 5) is 12.8. The third kappa shape index (κ3) is 3.76. The number of nitrogens with zero attached hydrogens (tertiary/aromatic N) is 5. The SMILES string of the molecule is CCCn1nnnc1CN(CC(=O)O)CC1CC1. The van der Waals surface area contributed by atoms with E-state index in [0.29, 0.717) is 12.5 Å². The fourth-order valence-corrected chi connectivity index (χ4v) is 1.96. The Morgan fingerprint density at radius 3 is 2.94 bits per heavy atom. The van der Waals surface area contributed by atoms with Gasteiger partial charge in [0.2, 0.25) is 0 Å². The molecule has 1 saturated carbocycles. The van der Waals surface area contributed by atoms with Gasteiger partial charge in [-0.25, -0.2) is 4.68 Å². The van der Waals surface area contributed by atoms with Crippen LogP contribution in [0.4, 0.5) is 0 Å². The molecule has 1 aromatic heterocycles. The Kier molecular flexibility index (Phi) is 4.24. The minimum Gasteiger partial charge on any atom is -0.480 e. The second kappa shape index (κ2) is 5.90. The second-order valence-corrected chi connectivity index (χ2v) is 4.82. The smallest absolute Gasteiger partial charge is 0.317 e. The number of rotatable bonds is 8. The zero-order chi connectivity index (χ0) is 13.0. The van der Waals surface area contributed by atoms with Gasteiger partial charge in [-0.1, -0.05) is 6.92 Å². The largest absolute Gasteiger partial charge is 0.480 e. The first-order valence-electron chi connectivity index (χ1n) is 6.38. The predicted octanol–water partition coefficient (Wildman–Crippen LogP) is 0.380. The molecule has 1 N–H and O–H groups in total. The Labute approximate surface area is 106 Å². The number of aromatic nitrogens is 4. The molecule has 0 saturated heterocycles. The summed E-state index contributed by atoms with van der Waals surface area (Å²) in [5, 5.41) is 20.5. The van der Waals surface area contributed by atoms with E-state index in [4.69, 9.17) is 5.11 Å². The van der Waals surface area contributed by atoms with Crippen LogP contribution in [0, 0.1) is 5.92 Å². The van der Waals surface area contributed by atoms with Gasteiger partial charge < -0.3 is 5.11 Å². The number of hydrogen-bond donors (Lipinski definition) is 1. The quantitative estimate of drug-likeness (QED) is 0.721. The van der Waals surface area contributed by atoms with Gasteiger partial charge in [0.25, 0.3) is 0 Å². The molecule has 1 heterocycles. The molecule has 0 aliphatic heterocycles. The van der Waals surface area contributed by atoms with E-state index in [1.807, 2.05) is 4.90 Å². The van der Waals surface area contributed by atoms with Crippen molar-refractivity contribution in [1.29, 1.82) is 0 Å². The number of aliphatic carboxylic acids is 1. The van der Waals surface area contributed by atoms with Crippen LogP contribution in [0.5, 0.6) is 0 Å². The molecule has 1 fully saturated rings. The minimum absolute atomic E-state index is 0.0511. The van der Waals surface area contributed by atoms with Gasteiger partial charge in [-0.3, -0.25) is 9.69 Å². The van der Waals surface area contributed by atoms with Gasteiger partial charge in [0.05, 0.1) is 13.1 Å². The van der Waals surface area contributed by atoms with Gasteiger partial charge >= 0.3 is 5.97 Å². The van der Waals surface area contributed by atoms with Crippen molar-refractivity contribution in [2.45, 2.75) is 39.3 Å². The molecule has 7 heteroatoms. The molecule has 0 amide bonds. The monoisotopic (exact) mass is 253 g/mol. The minimum atomic E-state index is -0.801. The van der Waals surface area contributed by atoms with Crippen molar-refractivity contribution in [3.63, 3.8) is 0 Å². The maximum Gasteiger partial charge on any atom is 0.317 e. The first kappa shape index (κ1) is 12.9. The zero-order valence-electron chi connectivity index (χ0n) is 10.6. The highest BCUT2D eigenvalue weighted by Gasteiger charge is 2.26. The fourth-order valence-electron chi connectivity index (χ4n) is 1.96. The lowest BCUT2D eigenvalue weighted by molar-refractivity contribution is -0.138. The normalized spacial score (nSPS) is 15.2. The Bertz CT molecular complexity index is 402. The number of hydrogen-bond acceptors (Lipinski definition) is 5. The van der Waals surface area contributed by atoms with E-state index in [1.54, 1.807) is 4.68 Å². The van der Waals surface area contributed by atoms with E-state index >= 15 is 0 Å². The average Bonchev–Trinajstić information content (AvgIpc) is 3.00. The van der Waals surface area contributed by atoms with Gasteiger partial charge in [-0.15, -0.1) is 5.10 Å². The third-order valence-corrected chi connectivity index (χ3v) is 2.98. The second-order valence-electron chi connectivity index (χ2n) is 4.82. The molecule has 1 aliphatic rings. The number of carboxylic acid groups (broad SMARTS) is 1. The maximum absolute atomic E-state index is 10.9. The molecular formula is C11H19N5O2. The van der Waals surface area contributed by atoms with E-state index in [-0.39, 0.29) is 6.54 Å². The molecule has 0 atom stereocenters. The summed E-state index contributed by atoms with van der Waals surface area (Å²) in [6.07, 6.45) is 3.37. The lowest BCUT2D eigenvalue weighted by atomic mass is 10.3. The van der Waals surface area contributed by atoms with Crippen LogP contribution < -0.4 is 0 Å². The summed E-state index contributed by atoms with van der Waals surface area (Å²) >= 11 is 0. The van der Waals surface area contributed by atoms with E-state index in [2.05, 4.69) is 22.4 Å². The third-order valence-electron chi connectivity index (χ3n) is 2.98. The zero-order valence-corrected chi connectivity index (χ0v) is 10.6. The van der Waals surface area contributed by atoms with Crippen LogP contribution in [0.1, 0.15) is 32.0 Å². The fraction of sp³-hybridized carbons (Fsp3) is 0.818. The molecule has 2 rings (SSSR count). The van der Waals surface area contributed by atoms with Crippen LogP contribution >= 0.6 is 0 Å². The van der Waals surface area contributed by atoms with Crippen molar-refractivity contribution in [2.24, 2.45) is 5.92 Å². The number of carboxylic acids is 1. The highest BCUT2D eigenvalue weighted by Crippen LogP contribution is 2.29. The summed E-state index contributed by atoms with van der Waals surface area (Å²) in [7, 11) is 0. The van der Waals surface area contributed by atoms with Gasteiger partial charge in [-0.05, 0) is 35.6 Å². The van der Waals surface area contributed by atoms with Crippen LogP contribution in [0.15, 0.2) is 0 Å². The first-order chi connectivity index (χ1) is 8.69. The number of aryl methyl sites for hydroxylation is 1. The van der Waals surface area contributed by atoms with Gasteiger partial charge in [-0.2, -0.15) is 0 Å². The molecular weight excluding hydrogens is 234 g/mol. The Morgan fingerprint density at radius 1 is 1.56 bits per heavy atom. The van der Waals surface area contributed by atoms with Crippen molar-refractivity contribution in [3.05, 3.63) is 5.82 Å². The average molecular weight is 253 g/mol. The molecule has 0 radical (unpaired) electrons. The van der Waals surface area contributed by atoms with Crippen molar-refractivity contribution in [3.8, 4) is 0 Å². The van der Waals surface area contributed by atoms with Crippen molar-refractivity contribution < 1.29 is 9.90 Å². The van der Waals surface area contributed by atoms with Gasteiger partial charge in [0.15, 0.2) is 5.82 Å². The maximum atomic E-state index is 10.9. The van der Waals surface area contributed by atoms with Crippen molar-refractivity contribution in [1.82, 2.24) is 25.1 Å². The Hall–Kier alpha value is -1.50. The van der Waals surface area contributed by atoms with Crippen LogP contribution in [0.2, 0.25) is 0 Å². The number of carbonyl (C=O) groups is 1. The molecule has 0 spiro atoms. The first-order valence-corrected chi connectivity index (χ1v) is 6.38. The lowest BCUT2D eigenvalue weighted by Gasteiger charge is -2.19. The van der Waals surface area contributed by atoms with Crippen molar-refractivity contribution >= 4 is 5.97 Å². The van der Waals surface area contributed by atoms with Gasteiger partial charge in [0.1, 0.15) is 0 Å². The van der Waals surface area contributed by atoms with Crippen molar-refractivity contribution in [2.75, 3.05) is 13.1 Å². The van der Waals surface area contributed by atoms with Crippen LogP contribution in [-0.2, 0) is 17.9 Å². The summed E-state index contributed by atoms with van der Waals surface area (Å²) in [5.74, 6) is 0.601.